The first-order chi connectivity index (χ1) is 10.6. The maximum Gasteiger partial charge on any atom is 0.318 e. The van der Waals surface area contributed by atoms with Gasteiger partial charge in [-0.2, -0.15) is 4.72 Å². The van der Waals surface area contributed by atoms with Gasteiger partial charge < -0.3 is 5.11 Å². The highest BCUT2D eigenvalue weighted by Crippen LogP contribution is 2.38. The minimum atomic E-state index is -3.88. The van der Waals surface area contributed by atoms with Gasteiger partial charge in [0.25, 0.3) is 0 Å². The van der Waals surface area contributed by atoms with E-state index in [0.717, 1.165) is 22.3 Å². The first kappa shape index (κ1) is 17.4. The van der Waals surface area contributed by atoms with Gasteiger partial charge in [0.15, 0.2) is 0 Å². The Hall–Kier alpha value is -1.92. The van der Waals surface area contributed by atoms with E-state index in [4.69, 9.17) is 5.11 Å². The van der Waals surface area contributed by atoms with Crippen molar-refractivity contribution in [1.29, 1.82) is 0 Å². The van der Waals surface area contributed by atoms with Gasteiger partial charge in [-0.15, -0.1) is 0 Å². The molecule has 2 aliphatic rings. The topological polar surface area (TPSA) is 83.5 Å². The molecule has 0 saturated heterocycles. The van der Waals surface area contributed by atoms with Crippen LogP contribution in [0.25, 0.3) is 11.1 Å². The van der Waals surface area contributed by atoms with Gasteiger partial charge in [0, 0.05) is 5.56 Å². The number of nitrogens with one attached hydrogen (secondary N) is 1. The molecule has 124 valence electrons. The fourth-order valence-corrected chi connectivity index (χ4v) is 3.93. The third-order valence-corrected chi connectivity index (χ3v) is 5.31. The summed E-state index contributed by atoms with van der Waals surface area (Å²) < 4.78 is 27.1. The van der Waals surface area contributed by atoms with Crippen LogP contribution >= 0.6 is 0 Å². The van der Waals surface area contributed by atoms with Crippen LogP contribution in [-0.2, 0) is 14.8 Å². The van der Waals surface area contributed by atoms with Crippen molar-refractivity contribution < 1.29 is 18.3 Å². The highest BCUT2D eigenvalue weighted by Gasteiger charge is 2.25. The smallest absolute Gasteiger partial charge is 0.318 e. The lowest BCUT2D eigenvalue weighted by Crippen LogP contribution is -2.29. The van der Waals surface area contributed by atoms with Crippen LogP contribution in [0.3, 0.4) is 0 Å². The van der Waals surface area contributed by atoms with E-state index in [0.29, 0.717) is 11.5 Å². The van der Waals surface area contributed by atoms with Crippen molar-refractivity contribution in [2.24, 2.45) is 0 Å². The summed E-state index contributed by atoms with van der Waals surface area (Å²) in [5.41, 5.74) is 4.35. The summed E-state index contributed by atoms with van der Waals surface area (Å²) in [6.07, 6.45) is 0. The molecule has 0 radical (unpaired) electrons. The zero-order valence-corrected chi connectivity index (χ0v) is 14.5. The molecule has 2 aliphatic carbocycles. The van der Waals surface area contributed by atoms with Crippen molar-refractivity contribution in [3.8, 4) is 11.1 Å². The standard InChI is InChI=1S/C17H21NO4S/c1-10(2)13-6-5-11(3)17-14(8-13)12(4)7-15(17)23(21,22)18-9-16(19)20/h5-8,10,18H,9H2,1-4H3,(H,19,20). The average molecular weight is 335 g/mol. The summed E-state index contributed by atoms with van der Waals surface area (Å²) >= 11 is 0. The minimum absolute atomic E-state index is 0.134. The van der Waals surface area contributed by atoms with Crippen LogP contribution in [0, 0.1) is 13.8 Å². The van der Waals surface area contributed by atoms with Gasteiger partial charge in [-0.25, -0.2) is 8.42 Å². The number of aryl methyl sites for hydroxylation is 2. The maximum atomic E-state index is 12.5. The van der Waals surface area contributed by atoms with Gasteiger partial charge in [0.2, 0.25) is 10.0 Å². The van der Waals surface area contributed by atoms with Crippen LogP contribution < -0.4 is 4.72 Å². The molecule has 0 aromatic rings. The number of aliphatic carboxylic acids is 1. The molecular formula is C17H21NO4S. The van der Waals surface area contributed by atoms with Crippen molar-refractivity contribution >= 4 is 16.0 Å². The summed E-state index contributed by atoms with van der Waals surface area (Å²) in [4.78, 5) is 10.8. The second-order valence-electron chi connectivity index (χ2n) is 6.01. The maximum absolute atomic E-state index is 12.5. The Morgan fingerprint density at radius 3 is 2.39 bits per heavy atom. The Morgan fingerprint density at radius 1 is 1.17 bits per heavy atom. The molecule has 0 aromatic heterocycles. The van der Waals surface area contributed by atoms with E-state index >= 15 is 0 Å². The molecule has 6 heteroatoms. The van der Waals surface area contributed by atoms with Crippen molar-refractivity contribution in [3.63, 3.8) is 0 Å². The van der Waals surface area contributed by atoms with E-state index in [-0.39, 0.29) is 4.90 Å². The summed E-state index contributed by atoms with van der Waals surface area (Å²) in [5, 5.41) is 8.71. The first-order valence-electron chi connectivity index (χ1n) is 7.39. The molecule has 23 heavy (non-hydrogen) atoms. The number of sulfonamides is 1. The first-order valence-corrected chi connectivity index (χ1v) is 8.87. The Balaban J connectivity index is 2.64. The monoisotopic (exact) mass is 335 g/mol. The molecule has 0 heterocycles. The highest BCUT2D eigenvalue weighted by atomic mass is 32.2. The Kier molecular flexibility index (Phi) is 4.77. The van der Waals surface area contributed by atoms with Gasteiger partial charge in [0.05, 0.1) is 4.90 Å². The quantitative estimate of drug-likeness (QED) is 0.880. The molecule has 0 aromatic carbocycles. The predicted octanol–water partition coefficient (Wildman–Crippen LogP) is 2.89. The molecule has 0 bridgehead atoms. The van der Waals surface area contributed by atoms with Crippen molar-refractivity contribution in [2.45, 2.75) is 38.5 Å². The number of fused-ring (bicyclic) bond motifs is 1. The van der Waals surface area contributed by atoms with Crippen LogP contribution in [0.4, 0.5) is 0 Å². The second kappa shape index (κ2) is 6.29. The number of rotatable bonds is 5. The van der Waals surface area contributed by atoms with Gasteiger partial charge in [-0.05, 0) is 48.1 Å². The Bertz CT molecular complexity index is 825. The molecule has 0 saturated carbocycles. The molecule has 0 amide bonds. The third-order valence-electron chi connectivity index (χ3n) is 3.89. The predicted molar refractivity (Wildman–Crippen MR) is 89.5 cm³/mol. The molecule has 2 rings (SSSR count). The number of hydrogen-bond donors (Lipinski definition) is 2. The lowest BCUT2D eigenvalue weighted by molar-refractivity contribution is -0.135. The average Bonchev–Trinajstić information content (AvgIpc) is 2.67. The molecule has 0 atom stereocenters. The minimum Gasteiger partial charge on any atom is -0.480 e. The van der Waals surface area contributed by atoms with E-state index in [9.17, 15) is 13.2 Å². The van der Waals surface area contributed by atoms with Crippen LogP contribution in [0.2, 0.25) is 0 Å². The normalized spacial score (nSPS) is 12.0. The van der Waals surface area contributed by atoms with Crippen molar-refractivity contribution in [1.82, 2.24) is 4.72 Å². The van der Waals surface area contributed by atoms with Crippen LogP contribution in [0.5, 0.6) is 0 Å². The van der Waals surface area contributed by atoms with Crippen molar-refractivity contribution in [3.05, 3.63) is 41.0 Å². The number of carboxylic acid groups (broad SMARTS) is 1. The highest BCUT2D eigenvalue weighted by molar-refractivity contribution is 7.89. The molecule has 5 nitrogen and oxygen atoms in total. The molecule has 0 spiro atoms. The Labute approximate surface area is 136 Å². The summed E-state index contributed by atoms with van der Waals surface area (Å²) in [6, 6.07) is 7.53. The number of carboxylic acids is 1. The second-order valence-corrected chi connectivity index (χ2v) is 7.75. The van der Waals surface area contributed by atoms with E-state index < -0.39 is 22.5 Å². The largest absolute Gasteiger partial charge is 0.480 e. The van der Waals surface area contributed by atoms with Gasteiger partial charge in [-0.1, -0.05) is 32.0 Å². The SMILES string of the molecule is Cc1cc(S(=O)(=O)NCC(=O)O)c2c(C)ccc(C(C)C)cc1-2. The van der Waals surface area contributed by atoms with E-state index in [1.165, 1.54) is 0 Å². The lowest BCUT2D eigenvalue weighted by atomic mass is 10.0. The van der Waals surface area contributed by atoms with E-state index in [1.807, 2.05) is 32.0 Å². The van der Waals surface area contributed by atoms with E-state index in [1.54, 1.807) is 6.07 Å². The fourth-order valence-electron chi connectivity index (χ4n) is 2.59. The Morgan fingerprint density at radius 2 is 1.83 bits per heavy atom. The lowest BCUT2D eigenvalue weighted by Gasteiger charge is -2.07. The van der Waals surface area contributed by atoms with E-state index in [2.05, 4.69) is 18.6 Å². The molecular weight excluding hydrogens is 314 g/mol. The summed E-state index contributed by atoms with van der Waals surface area (Å²) in [5.74, 6) is -0.893. The molecule has 2 N–H and O–H groups in total. The van der Waals surface area contributed by atoms with Crippen molar-refractivity contribution in [2.75, 3.05) is 6.54 Å². The van der Waals surface area contributed by atoms with Crippen LogP contribution in [0.1, 0.15) is 36.5 Å². The summed E-state index contributed by atoms with van der Waals surface area (Å²) in [6.45, 7) is 7.26. The van der Waals surface area contributed by atoms with Crippen LogP contribution in [0.15, 0.2) is 29.2 Å². The molecule has 0 fully saturated rings. The van der Waals surface area contributed by atoms with Gasteiger partial charge in [0.1, 0.15) is 6.54 Å². The third kappa shape index (κ3) is 3.54. The van der Waals surface area contributed by atoms with Gasteiger partial charge >= 0.3 is 5.97 Å². The zero-order chi connectivity index (χ0) is 17.4. The zero-order valence-electron chi connectivity index (χ0n) is 13.7. The summed E-state index contributed by atoms with van der Waals surface area (Å²) in [7, 11) is -3.88. The number of carbonyl (C=O) groups is 1. The van der Waals surface area contributed by atoms with Crippen LogP contribution in [-0.4, -0.2) is 26.0 Å². The van der Waals surface area contributed by atoms with Gasteiger partial charge in [-0.3, -0.25) is 4.79 Å². The molecule has 0 aliphatic heterocycles. The fraction of sp³-hybridized carbons (Fsp3) is 0.353. The molecule has 0 unspecified atom stereocenters. The number of hydrogen-bond acceptors (Lipinski definition) is 3.